The summed E-state index contributed by atoms with van der Waals surface area (Å²) < 4.78 is 15.6. The molecule has 2 N–H and O–H groups in total. The first-order valence-electron chi connectivity index (χ1n) is 9.70. The van der Waals surface area contributed by atoms with Crippen LogP contribution in [0.1, 0.15) is 23.6 Å². The molecule has 1 aliphatic rings. The molecule has 5 rings (SSSR count). The Morgan fingerprint density at radius 1 is 0.967 bits per heavy atom. The second kappa shape index (κ2) is 7.48. The Hall–Kier alpha value is -3.93. The van der Waals surface area contributed by atoms with Gasteiger partial charge in [-0.3, -0.25) is 0 Å². The molecule has 5 nitrogen and oxygen atoms in total. The minimum Gasteiger partial charge on any atom is -0.507 e. The van der Waals surface area contributed by atoms with Crippen molar-refractivity contribution >= 4 is 5.71 Å². The van der Waals surface area contributed by atoms with Crippen LogP contribution in [0.3, 0.4) is 0 Å². The third-order valence-electron chi connectivity index (χ3n) is 5.21. The molecule has 0 fully saturated rings. The Kier molecular flexibility index (Phi) is 4.52. The first kappa shape index (κ1) is 18.1. The van der Waals surface area contributed by atoms with Crippen LogP contribution in [-0.4, -0.2) is 20.6 Å². The van der Waals surface area contributed by atoms with E-state index in [9.17, 15) is 9.50 Å². The fourth-order valence-corrected chi connectivity index (χ4v) is 3.71. The average Bonchev–Trinajstić information content (AvgIpc) is 3.44. The second-order valence-electron chi connectivity index (χ2n) is 7.18. The van der Waals surface area contributed by atoms with Gasteiger partial charge in [-0.05, 0) is 30.3 Å². The van der Waals surface area contributed by atoms with Crippen LogP contribution in [0.15, 0.2) is 90.2 Å². The number of aromatic hydroxyl groups is 1. The molecular weight excluding hydrogens is 379 g/mol. The van der Waals surface area contributed by atoms with Gasteiger partial charge in [-0.25, -0.2) is 9.07 Å². The molecular formula is C24H19FN4O. The third kappa shape index (κ3) is 3.33. The minimum atomic E-state index is -0.407. The van der Waals surface area contributed by atoms with E-state index in [1.165, 1.54) is 18.2 Å². The number of hydrogen-bond donors (Lipinski definition) is 2. The Morgan fingerprint density at radius 3 is 2.47 bits per heavy atom. The Morgan fingerprint density at radius 2 is 1.70 bits per heavy atom. The van der Waals surface area contributed by atoms with Gasteiger partial charge in [0.2, 0.25) is 0 Å². The maximum atomic E-state index is 13.7. The van der Waals surface area contributed by atoms with Crippen LogP contribution in [0.25, 0.3) is 16.9 Å². The molecule has 1 aromatic heterocycles. The lowest BCUT2D eigenvalue weighted by molar-refractivity contribution is 0.471. The van der Waals surface area contributed by atoms with Gasteiger partial charge in [0.25, 0.3) is 0 Å². The van der Waals surface area contributed by atoms with Gasteiger partial charge in [0, 0.05) is 29.3 Å². The summed E-state index contributed by atoms with van der Waals surface area (Å²) in [5, 5.41) is 19.4. The van der Waals surface area contributed by atoms with Crippen molar-refractivity contribution < 1.29 is 9.50 Å². The number of phenols is 1. The second-order valence-corrected chi connectivity index (χ2v) is 7.18. The van der Waals surface area contributed by atoms with Crippen molar-refractivity contribution in [1.29, 1.82) is 0 Å². The fraction of sp³-hybridized carbons (Fsp3) is 0.0833. The number of halogens is 1. The van der Waals surface area contributed by atoms with Crippen molar-refractivity contribution in [3.05, 3.63) is 102 Å². The predicted molar refractivity (Wildman–Crippen MR) is 114 cm³/mol. The maximum Gasteiger partial charge on any atom is 0.124 e. The molecule has 0 saturated carbocycles. The minimum absolute atomic E-state index is 0.0147. The molecule has 3 aromatic carbocycles. The molecule has 4 aromatic rings. The number of phenolic OH excluding ortho intramolecular Hbond substituents is 1. The molecule has 148 valence electrons. The number of nitrogens with one attached hydrogen (secondary N) is 1. The van der Waals surface area contributed by atoms with Crippen molar-refractivity contribution in [2.75, 3.05) is 0 Å². The van der Waals surface area contributed by atoms with Crippen molar-refractivity contribution in [3.63, 3.8) is 0 Å². The number of hydrazone groups is 1. The summed E-state index contributed by atoms with van der Waals surface area (Å²) in [7, 11) is 0. The highest BCUT2D eigenvalue weighted by atomic mass is 19.1. The molecule has 0 radical (unpaired) electrons. The van der Waals surface area contributed by atoms with Gasteiger partial charge < -0.3 is 10.5 Å². The van der Waals surface area contributed by atoms with Gasteiger partial charge in [0.05, 0.1) is 23.1 Å². The lowest BCUT2D eigenvalue weighted by atomic mass is 9.97. The molecule has 0 amide bonds. The van der Waals surface area contributed by atoms with Gasteiger partial charge in [0.15, 0.2) is 0 Å². The van der Waals surface area contributed by atoms with Crippen LogP contribution >= 0.6 is 0 Å². The van der Waals surface area contributed by atoms with Crippen LogP contribution in [0.2, 0.25) is 0 Å². The van der Waals surface area contributed by atoms with E-state index < -0.39 is 5.82 Å². The van der Waals surface area contributed by atoms with E-state index in [1.807, 2.05) is 71.5 Å². The molecule has 0 aliphatic carbocycles. The lowest BCUT2D eigenvalue weighted by Crippen LogP contribution is -2.10. The zero-order valence-corrected chi connectivity index (χ0v) is 16.0. The summed E-state index contributed by atoms with van der Waals surface area (Å²) in [5.74, 6) is -0.392. The number of para-hydroxylation sites is 1. The molecule has 0 saturated heterocycles. The molecule has 6 heteroatoms. The zero-order valence-electron chi connectivity index (χ0n) is 16.0. The monoisotopic (exact) mass is 398 g/mol. The van der Waals surface area contributed by atoms with Crippen molar-refractivity contribution in [1.82, 2.24) is 15.2 Å². The van der Waals surface area contributed by atoms with Gasteiger partial charge in [-0.1, -0.05) is 48.5 Å². The average molecular weight is 398 g/mol. The number of rotatable bonds is 4. The molecule has 30 heavy (non-hydrogen) atoms. The topological polar surface area (TPSA) is 62.4 Å². The Balaban J connectivity index is 1.53. The largest absolute Gasteiger partial charge is 0.507 e. The van der Waals surface area contributed by atoms with Crippen molar-refractivity contribution in [3.8, 4) is 22.7 Å². The number of nitrogens with zero attached hydrogens (tertiary/aromatic N) is 3. The van der Waals surface area contributed by atoms with E-state index in [1.54, 1.807) is 0 Å². The molecule has 2 heterocycles. The first-order chi connectivity index (χ1) is 14.7. The number of aromatic nitrogens is 2. The third-order valence-corrected chi connectivity index (χ3v) is 5.21. The van der Waals surface area contributed by atoms with E-state index in [0.717, 1.165) is 22.5 Å². The highest BCUT2D eigenvalue weighted by Crippen LogP contribution is 2.34. The van der Waals surface area contributed by atoms with Crippen LogP contribution in [0, 0.1) is 5.82 Å². The van der Waals surface area contributed by atoms with E-state index in [0.29, 0.717) is 17.7 Å². The first-order valence-corrected chi connectivity index (χ1v) is 9.70. The number of hydrogen-bond acceptors (Lipinski definition) is 4. The van der Waals surface area contributed by atoms with Crippen molar-refractivity contribution in [2.24, 2.45) is 5.10 Å². The summed E-state index contributed by atoms with van der Waals surface area (Å²) >= 11 is 0. The smallest absolute Gasteiger partial charge is 0.124 e. The summed E-state index contributed by atoms with van der Waals surface area (Å²) in [6.07, 6.45) is 2.51. The standard InChI is InChI=1S/C24H19FN4O/c25-17-11-12-23(30)19(13-17)21-14-22(27-26-21)20-15-29(18-9-5-2-6-10-18)28-24(20)16-7-3-1-4-8-16/h1-13,15,22,27,30H,14H2. The fourth-order valence-electron chi connectivity index (χ4n) is 3.71. The highest BCUT2D eigenvalue weighted by Gasteiger charge is 2.27. The normalized spacial score (nSPS) is 15.6. The maximum absolute atomic E-state index is 13.7. The molecule has 0 spiro atoms. The lowest BCUT2D eigenvalue weighted by Gasteiger charge is -2.10. The Labute approximate surface area is 173 Å². The van der Waals surface area contributed by atoms with E-state index in [-0.39, 0.29) is 11.8 Å². The van der Waals surface area contributed by atoms with E-state index in [4.69, 9.17) is 5.10 Å². The van der Waals surface area contributed by atoms with Gasteiger partial charge in [-0.2, -0.15) is 10.2 Å². The van der Waals surface area contributed by atoms with Crippen LogP contribution in [-0.2, 0) is 0 Å². The van der Waals surface area contributed by atoms with Crippen LogP contribution in [0.5, 0.6) is 5.75 Å². The summed E-state index contributed by atoms with van der Waals surface area (Å²) in [6, 6.07) is 23.6. The molecule has 1 atom stereocenters. The Bertz CT molecular complexity index is 1220. The summed E-state index contributed by atoms with van der Waals surface area (Å²) in [5.41, 5.74) is 7.97. The van der Waals surface area contributed by atoms with Gasteiger partial charge in [-0.15, -0.1) is 0 Å². The van der Waals surface area contributed by atoms with E-state index in [2.05, 4.69) is 10.5 Å². The number of benzene rings is 3. The summed E-state index contributed by atoms with van der Waals surface area (Å²) in [6.45, 7) is 0. The molecule has 1 aliphatic heterocycles. The van der Waals surface area contributed by atoms with Gasteiger partial charge >= 0.3 is 0 Å². The highest BCUT2D eigenvalue weighted by molar-refractivity contribution is 6.04. The van der Waals surface area contributed by atoms with E-state index >= 15 is 0 Å². The van der Waals surface area contributed by atoms with Gasteiger partial charge in [0.1, 0.15) is 11.6 Å². The van der Waals surface area contributed by atoms with Crippen LogP contribution < -0.4 is 5.43 Å². The SMILES string of the molecule is Oc1ccc(F)cc1C1=NNC(c2cn(-c3ccccc3)nc2-c2ccccc2)C1. The summed E-state index contributed by atoms with van der Waals surface area (Å²) in [4.78, 5) is 0. The quantitative estimate of drug-likeness (QED) is 0.518. The van der Waals surface area contributed by atoms with Crippen molar-refractivity contribution in [2.45, 2.75) is 12.5 Å². The molecule has 1 unspecified atom stereocenters. The predicted octanol–water partition coefficient (Wildman–Crippen LogP) is 4.82. The van der Waals surface area contributed by atoms with Crippen LogP contribution in [0.4, 0.5) is 4.39 Å². The molecule has 0 bridgehead atoms. The zero-order chi connectivity index (χ0) is 20.5.